The van der Waals surface area contributed by atoms with Crippen LogP contribution >= 0.6 is 0 Å². The van der Waals surface area contributed by atoms with E-state index in [9.17, 15) is 18.8 Å². The third kappa shape index (κ3) is 4.69. The molecule has 0 unspecified atom stereocenters. The summed E-state index contributed by atoms with van der Waals surface area (Å²) in [6, 6.07) is 4.62. The van der Waals surface area contributed by atoms with E-state index in [0.717, 1.165) is 0 Å². The third-order valence-electron chi connectivity index (χ3n) is 3.05. The minimum atomic E-state index is -3.05. The molecule has 24 heavy (non-hydrogen) atoms. The molecular weight excluding hydrogens is 320 g/mol. The van der Waals surface area contributed by atoms with E-state index in [1.807, 2.05) is 6.07 Å². The first-order valence-electron chi connectivity index (χ1n) is 7.01. The lowest BCUT2D eigenvalue weighted by Crippen LogP contribution is -2.21. The van der Waals surface area contributed by atoms with Crippen LogP contribution in [0.4, 0.5) is 8.78 Å². The quantitative estimate of drug-likeness (QED) is 0.582. The minimum Gasteiger partial charge on any atom is -0.493 e. The normalized spacial score (nSPS) is 11.9. The number of halogens is 2. The number of benzene rings is 1. The van der Waals surface area contributed by atoms with E-state index in [-0.39, 0.29) is 28.6 Å². The third-order valence-corrected chi connectivity index (χ3v) is 3.05. The molecule has 0 bridgehead atoms. The highest BCUT2D eigenvalue weighted by Crippen LogP contribution is 2.40. The summed E-state index contributed by atoms with van der Waals surface area (Å²) < 4.78 is 39.5. The molecule has 0 spiro atoms. The second-order valence-corrected chi connectivity index (χ2v) is 5.88. The van der Waals surface area contributed by atoms with Gasteiger partial charge in [-0.05, 0) is 23.8 Å². The predicted molar refractivity (Wildman–Crippen MR) is 84.2 cm³/mol. The topological polar surface area (TPSA) is 68.5 Å². The summed E-state index contributed by atoms with van der Waals surface area (Å²) >= 11 is 0. The first-order valence-corrected chi connectivity index (χ1v) is 7.01. The monoisotopic (exact) mass is 339 g/mol. The van der Waals surface area contributed by atoms with Crippen LogP contribution in [0.3, 0.4) is 0 Å². The largest absolute Gasteiger partial charge is 0.493 e. The maximum Gasteiger partial charge on any atom is 0.387 e. The van der Waals surface area contributed by atoms with Crippen molar-refractivity contribution in [1.82, 2.24) is 0 Å². The lowest BCUT2D eigenvalue weighted by molar-refractivity contribution is -0.121. The number of rotatable bonds is 6. The van der Waals surface area contributed by atoms with Crippen LogP contribution in [0.5, 0.6) is 17.2 Å². The summed E-state index contributed by atoms with van der Waals surface area (Å²) in [5.74, 6) is -0.591. The number of allylic oxidation sites excluding steroid dienone is 1. The molecule has 7 heteroatoms. The van der Waals surface area contributed by atoms with Crippen molar-refractivity contribution >= 4 is 11.9 Å². The number of carbonyl (C=O) groups excluding carboxylic acids is 1. The fraction of sp³-hybridized carbons (Fsp3) is 0.412. The summed E-state index contributed by atoms with van der Waals surface area (Å²) in [6.45, 7) is 2.04. The van der Waals surface area contributed by atoms with Gasteiger partial charge in [-0.1, -0.05) is 20.8 Å². The molecule has 0 N–H and O–H groups in total. The van der Waals surface area contributed by atoms with E-state index in [0.29, 0.717) is 5.56 Å². The van der Waals surface area contributed by atoms with Gasteiger partial charge in [0, 0.05) is 5.41 Å². The molecule has 1 aromatic carbocycles. The molecule has 0 aliphatic heterocycles. The van der Waals surface area contributed by atoms with E-state index < -0.39 is 12.0 Å². The molecule has 1 aromatic rings. The lowest BCUT2D eigenvalue weighted by Gasteiger charge is -2.16. The van der Waals surface area contributed by atoms with Crippen LogP contribution in [-0.4, -0.2) is 26.6 Å². The SMILES string of the molecule is COc1cc(/C=C(\C#N)C(=O)C(C)(C)C)cc(OC)c1OC(F)F. The Balaban J connectivity index is 3.43. The van der Waals surface area contributed by atoms with Crippen molar-refractivity contribution in [3.05, 3.63) is 23.3 Å². The number of nitrogens with zero attached hydrogens (tertiary/aromatic N) is 1. The van der Waals surface area contributed by atoms with Crippen LogP contribution in [0, 0.1) is 16.7 Å². The fourth-order valence-corrected chi connectivity index (χ4v) is 1.91. The number of methoxy groups -OCH3 is 2. The highest BCUT2D eigenvalue weighted by molar-refractivity contribution is 6.06. The van der Waals surface area contributed by atoms with Gasteiger partial charge in [0.05, 0.1) is 19.8 Å². The molecule has 0 aliphatic carbocycles. The second-order valence-electron chi connectivity index (χ2n) is 5.88. The van der Waals surface area contributed by atoms with Crippen molar-refractivity contribution in [2.75, 3.05) is 14.2 Å². The highest BCUT2D eigenvalue weighted by Gasteiger charge is 2.25. The van der Waals surface area contributed by atoms with E-state index in [4.69, 9.17) is 9.47 Å². The molecule has 130 valence electrons. The average molecular weight is 339 g/mol. The molecule has 0 amide bonds. The second kappa shape index (κ2) is 7.77. The van der Waals surface area contributed by atoms with E-state index in [1.54, 1.807) is 20.8 Å². The molecule has 1 rings (SSSR count). The molecular formula is C17H19F2NO4. The maximum absolute atomic E-state index is 12.5. The minimum absolute atomic E-state index is 0.00129. The average Bonchev–Trinajstić information content (AvgIpc) is 2.51. The van der Waals surface area contributed by atoms with Gasteiger partial charge in [-0.25, -0.2) is 0 Å². The number of ketones is 1. The molecule has 0 aliphatic rings. The number of hydrogen-bond donors (Lipinski definition) is 0. The van der Waals surface area contributed by atoms with Gasteiger partial charge in [0.15, 0.2) is 17.3 Å². The van der Waals surface area contributed by atoms with E-state index >= 15 is 0 Å². The molecule has 0 atom stereocenters. The van der Waals surface area contributed by atoms with Crippen LogP contribution in [0.1, 0.15) is 26.3 Å². The Hall–Kier alpha value is -2.62. The number of alkyl halides is 2. The standard InChI is InChI=1S/C17H19F2NO4/c1-17(2,3)15(21)11(9-20)6-10-7-12(22-4)14(24-16(18)19)13(8-10)23-5/h6-8,16H,1-5H3/b11-6+. The van der Waals surface area contributed by atoms with Crippen molar-refractivity contribution < 1.29 is 27.8 Å². The zero-order valence-electron chi connectivity index (χ0n) is 14.1. The molecule has 0 heterocycles. The molecule has 0 saturated carbocycles. The van der Waals surface area contributed by atoms with Gasteiger partial charge < -0.3 is 14.2 Å². The van der Waals surface area contributed by atoms with Crippen molar-refractivity contribution in [3.8, 4) is 23.3 Å². The van der Waals surface area contributed by atoms with Gasteiger partial charge in [0.1, 0.15) is 6.07 Å². The first kappa shape index (κ1) is 19.4. The van der Waals surface area contributed by atoms with Crippen molar-refractivity contribution in [2.24, 2.45) is 5.41 Å². The number of carbonyl (C=O) groups is 1. The van der Waals surface area contributed by atoms with Gasteiger partial charge in [-0.15, -0.1) is 0 Å². The number of nitriles is 1. The maximum atomic E-state index is 12.5. The summed E-state index contributed by atoms with van der Waals surface area (Å²) in [5.41, 5.74) is -0.400. The smallest absolute Gasteiger partial charge is 0.387 e. The number of hydrogen-bond acceptors (Lipinski definition) is 5. The predicted octanol–water partition coefficient (Wildman–Crippen LogP) is 3.83. The van der Waals surface area contributed by atoms with Crippen LogP contribution < -0.4 is 14.2 Å². The zero-order valence-corrected chi connectivity index (χ0v) is 14.1. The van der Waals surface area contributed by atoms with Gasteiger partial charge >= 0.3 is 6.61 Å². The molecule has 0 saturated heterocycles. The zero-order chi connectivity index (χ0) is 18.5. The Morgan fingerprint density at radius 1 is 1.21 bits per heavy atom. The summed E-state index contributed by atoms with van der Waals surface area (Å²) in [5, 5.41) is 9.22. The first-order chi connectivity index (χ1) is 11.1. The Kier molecular flexibility index (Phi) is 6.29. The van der Waals surface area contributed by atoms with Gasteiger partial charge in [0.25, 0.3) is 0 Å². The summed E-state index contributed by atoms with van der Waals surface area (Å²) in [4.78, 5) is 12.2. The van der Waals surface area contributed by atoms with Gasteiger partial charge in [0.2, 0.25) is 5.75 Å². The van der Waals surface area contributed by atoms with Gasteiger partial charge in [-0.3, -0.25) is 4.79 Å². The Bertz CT molecular complexity index is 660. The molecule has 0 aromatic heterocycles. The van der Waals surface area contributed by atoms with Crippen LogP contribution in [0.15, 0.2) is 17.7 Å². The van der Waals surface area contributed by atoms with Crippen molar-refractivity contribution in [3.63, 3.8) is 0 Å². The Labute approximate surface area is 139 Å². The Morgan fingerprint density at radius 3 is 2.04 bits per heavy atom. The van der Waals surface area contributed by atoms with Gasteiger partial charge in [-0.2, -0.15) is 14.0 Å². The van der Waals surface area contributed by atoms with E-state index in [2.05, 4.69) is 4.74 Å². The molecule has 0 radical (unpaired) electrons. The van der Waals surface area contributed by atoms with Crippen LogP contribution in [0.2, 0.25) is 0 Å². The van der Waals surface area contributed by atoms with Crippen LogP contribution in [0.25, 0.3) is 6.08 Å². The molecule has 0 fully saturated rings. The Morgan fingerprint density at radius 2 is 1.71 bits per heavy atom. The van der Waals surface area contributed by atoms with Crippen LogP contribution in [-0.2, 0) is 4.79 Å². The molecule has 5 nitrogen and oxygen atoms in total. The highest BCUT2D eigenvalue weighted by atomic mass is 19.3. The van der Waals surface area contributed by atoms with Crippen molar-refractivity contribution in [2.45, 2.75) is 27.4 Å². The van der Waals surface area contributed by atoms with E-state index in [1.165, 1.54) is 32.4 Å². The summed E-state index contributed by atoms with van der Waals surface area (Å²) in [7, 11) is 2.57. The lowest BCUT2D eigenvalue weighted by atomic mass is 9.86. The fourth-order valence-electron chi connectivity index (χ4n) is 1.91. The number of Topliss-reactive ketones (excluding diaryl/α,β-unsaturated/α-hetero) is 1. The van der Waals surface area contributed by atoms with Crippen molar-refractivity contribution in [1.29, 1.82) is 5.26 Å². The number of ether oxygens (including phenoxy) is 3. The summed E-state index contributed by atoms with van der Waals surface area (Å²) in [6.07, 6.45) is 1.35.